The zero-order valence-corrected chi connectivity index (χ0v) is 20.6. The second-order valence-electron chi connectivity index (χ2n) is 9.14. The summed E-state index contributed by atoms with van der Waals surface area (Å²) in [5, 5.41) is -0.142. The predicted molar refractivity (Wildman–Crippen MR) is 124 cm³/mol. The Hall–Kier alpha value is -2.09. The molecule has 188 valence electrons. The molecule has 0 spiro atoms. The minimum Gasteiger partial charge on any atom is -0.340 e. The minimum atomic E-state index is -4.04. The number of amides is 2. The maximum absolute atomic E-state index is 13.5. The highest BCUT2D eigenvalue weighted by molar-refractivity contribution is 7.91. The van der Waals surface area contributed by atoms with Crippen LogP contribution in [0.3, 0.4) is 0 Å². The molecule has 34 heavy (non-hydrogen) atoms. The van der Waals surface area contributed by atoms with Gasteiger partial charge in [0.25, 0.3) is 10.0 Å². The van der Waals surface area contributed by atoms with Crippen LogP contribution in [0.2, 0.25) is 0 Å². The Bertz CT molecular complexity index is 1140. The first-order valence-electron chi connectivity index (χ1n) is 11.5. The number of nitrogens with two attached hydrogens (primary N) is 1. The molecule has 0 bridgehead atoms. The molecule has 0 unspecified atom stereocenters. The molecule has 3 saturated heterocycles. The fourth-order valence-electron chi connectivity index (χ4n) is 4.89. The number of sulfone groups is 1. The summed E-state index contributed by atoms with van der Waals surface area (Å²) in [4.78, 5) is 33.2. The molecule has 3 aliphatic heterocycles. The van der Waals surface area contributed by atoms with Crippen molar-refractivity contribution >= 4 is 31.7 Å². The maximum atomic E-state index is 13.5. The molecular weight excluding hydrogens is 482 g/mol. The van der Waals surface area contributed by atoms with Crippen LogP contribution in [0.1, 0.15) is 31.2 Å². The van der Waals surface area contributed by atoms with Crippen molar-refractivity contribution in [2.45, 2.75) is 43.3 Å². The molecule has 11 nitrogen and oxygen atoms in total. The Morgan fingerprint density at radius 3 is 2.56 bits per heavy atom. The van der Waals surface area contributed by atoms with E-state index in [9.17, 15) is 26.4 Å². The summed E-state index contributed by atoms with van der Waals surface area (Å²) in [5.41, 5.74) is 6.29. The molecule has 13 heteroatoms. The summed E-state index contributed by atoms with van der Waals surface area (Å²) in [6.45, 7) is 0.921. The predicted octanol–water partition coefficient (Wildman–Crippen LogP) is -0.811. The van der Waals surface area contributed by atoms with E-state index < -0.39 is 31.8 Å². The van der Waals surface area contributed by atoms with E-state index in [2.05, 4.69) is 4.98 Å². The lowest BCUT2D eigenvalue weighted by atomic mass is 9.92. The maximum Gasteiger partial charge on any atom is 0.260 e. The minimum absolute atomic E-state index is 0.0333. The summed E-state index contributed by atoms with van der Waals surface area (Å²) in [6.07, 6.45) is 3.77. The van der Waals surface area contributed by atoms with E-state index in [0.29, 0.717) is 24.9 Å². The summed E-state index contributed by atoms with van der Waals surface area (Å²) in [5.74, 6) is -1.18. The topological polar surface area (TPSA) is 151 Å². The Labute approximate surface area is 200 Å². The van der Waals surface area contributed by atoms with Gasteiger partial charge in [0.1, 0.15) is 0 Å². The molecule has 2 atom stereocenters. The number of piperidine rings is 2. The molecule has 0 aromatic carbocycles. The van der Waals surface area contributed by atoms with Crippen molar-refractivity contribution in [3.63, 3.8) is 0 Å². The van der Waals surface area contributed by atoms with E-state index in [1.165, 1.54) is 21.5 Å². The molecule has 4 heterocycles. The molecule has 2 amide bonds. The van der Waals surface area contributed by atoms with E-state index in [0.717, 1.165) is 12.8 Å². The number of hydrogen-bond acceptors (Lipinski definition) is 8. The Morgan fingerprint density at radius 1 is 1.15 bits per heavy atom. The Kier molecular flexibility index (Phi) is 7.27. The van der Waals surface area contributed by atoms with Crippen molar-refractivity contribution in [1.29, 1.82) is 0 Å². The first-order valence-corrected chi connectivity index (χ1v) is 14.8. The lowest BCUT2D eigenvalue weighted by Gasteiger charge is -2.44. The number of sulfonamides is 1. The van der Waals surface area contributed by atoms with Gasteiger partial charge in [-0.15, -0.1) is 0 Å². The fraction of sp³-hybridized carbons (Fsp3) is 0.667. The molecule has 1 aromatic rings. The number of nitrogens with zero attached hydrogens (tertiary/aromatic N) is 4. The van der Waals surface area contributed by atoms with Gasteiger partial charge in [0.2, 0.25) is 11.8 Å². The van der Waals surface area contributed by atoms with Gasteiger partial charge in [0, 0.05) is 57.9 Å². The number of aromatic nitrogens is 1. The van der Waals surface area contributed by atoms with Crippen LogP contribution in [-0.4, -0.2) is 98.0 Å². The highest BCUT2D eigenvalue weighted by Crippen LogP contribution is 2.29. The van der Waals surface area contributed by atoms with Crippen molar-refractivity contribution in [3.8, 4) is 0 Å². The average molecular weight is 514 g/mol. The van der Waals surface area contributed by atoms with Gasteiger partial charge < -0.3 is 15.5 Å². The monoisotopic (exact) mass is 513 g/mol. The third-order valence-corrected chi connectivity index (χ3v) is 10.2. The highest BCUT2D eigenvalue weighted by atomic mass is 32.2. The molecule has 2 N–H and O–H groups in total. The van der Waals surface area contributed by atoms with Gasteiger partial charge in [0.15, 0.2) is 14.9 Å². The van der Waals surface area contributed by atoms with Crippen LogP contribution in [0.15, 0.2) is 23.4 Å². The van der Waals surface area contributed by atoms with Gasteiger partial charge in [-0.1, -0.05) is 0 Å². The fourth-order valence-corrected chi connectivity index (χ4v) is 7.59. The quantitative estimate of drug-likeness (QED) is 0.537. The second kappa shape index (κ2) is 9.88. The van der Waals surface area contributed by atoms with Crippen LogP contribution >= 0.6 is 0 Å². The Balaban J connectivity index is 1.61. The normalized spacial score (nSPS) is 26.4. The highest BCUT2D eigenvalue weighted by Gasteiger charge is 2.43. The van der Waals surface area contributed by atoms with Crippen LogP contribution in [0.25, 0.3) is 0 Å². The summed E-state index contributed by atoms with van der Waals surface area (Å²) in [6, 6.07) is 2.63. The summed E-state index contributed by atoms with van der Waals surface area (Å²) < 4.78 is 51.9. The van der Waals surface area contributed by atoms with Crippen molar-refractivity contribution in [2.75, 3.05) is 44.2 Å². The number of hydrogen-bond donors (Lipinski definition) is 1. The van der Waals surface area contributed by atoms with Crippen molar-refractivity contribution in [2.24, 2.45) is 11.7 Å². The van der Waals surface area contributed by atoms with Crippen LogP contribution in [0, 0.1) is 5.92 Å². The third kappa shape index (κ3) is 5.26. The van der Waals surface area contributed by atoms with Gasteiger partial charge in [-0.05, 0) is 37.0 Å². The molecule has 3 fully saturated rings. The molecule has 1 aromatic heterocycles. The zero-order valence-electron chi connectivity index (χ0n) is 19.0. The first-order chi connectivity index (χ1) is 16.1. The van der Waals surface area contributed by atoms with Crippen molar-refractivity contribution in [3.05, 3.63) is 23.9 Å². The number of carbonyl (C=O) groups excluding carboxylic acids is 2. The van der Waals surface area contributed by atoms with Crippen molar-refractivity contribution < 1.29 is 26.4 Å². The van der Waals surface area contributed by atoms with Crippen molar-refractivity contribution in [1.82, 2.24) is 19.1 Å². The summed E-state index contributed by atoms with van der Waals surface area (Å²) in [7, 11) is -7.20. The van der Waals surface area contributed by atoms with Gasteiger partial charge in [-0.3, -0.25) is 9.59 Å². The lowest BCUT2D eigenvalue weighted by Crippen LogP contribution is -2.58. The first kappa shape index (κ1) is 25.0. The number of likely N-dealkylation sites (tertiary alicyclic amines) is 1. The van der Waals surface area contributed by atoms with Gasteiger partial charge in [0.05, 0.1) is 17.4 Å². The smallest absolute Gasteiger partial charge is 0.260 e. The molecule has 0 aliphatic carbocycles. The van der Waals surface area contributed by atoms with E-state index in [1.54, 1.807) is 11.0 Å². The number of carbonyl (C=O) groups is 2. The molecular formula is C21H31N5O6S2. The van der Waals surface area contributed by atoms with Gasteiger partial charge >= 0.3 is 0 Å². The third-order valence-electron chi connectivity index (χ3n) is 6.84. The standard InChI is InChI=1S/C21H31N5O6S2/c22-13-16-4-5-23-19(11-16)34(31,32)25-14-17(21(28)24-7-9-33(29,30)10-8-24)12-18(15-25)26-6-2-1-3-20(26)27/h4-5,11,17-18H,1-3,6-10,12-15,22H2/t17-,18+/m0/s1. The van der Waals surface area contributed by atoms with Crippen LogP contribution in [-0.2, 0) is 36.0 Å². The van der Waals surface area contributed by atoms with E-state index in [4.69, 9.17) is 5.73 Å². The van der Waals surface area contributed by atoms with Gasteiger partial charge in [-0.25, -0.2) is 21.8 Å². The lowest BCUT2D eigenvalue weighted by molar-refractivity contribution is -0.142. The SMILES string of the molecule is NCc1ccnc(S(=O)(=O)N2C[C@@H](C(=O)N3CCS(=O)(=O)CC3)C[C@@H](N3CCCCC3=O)C2)c1. The molecule has 3 aliphatic rings. The average Bonchev–Trinajstić information content (AvgIpc) is 2.83. The molecule has 0 saturated carbocycles. The van der Waals surface area contributed by atoms with E-state index >= 15 is 0 Å². The van der Waals surface area contributed by atoms with Crippen LogP contribution < -0.4 is 5.73 Å². The molecule has 0 radical (unpaired) electrons. The van der Waals surface area contributed by atoms with E-state index in [-0.39, 0.29) is 61.1 Å². The number of rotatable bonds is 5. The van der Waals surface area contributed by atoms with Crippen LogP contribution in [0.5, 0.6) is 0 Å². The Morgan fingerprint density at radius 2 is 1.88 bits per heavy atom. The van der Waals surface area contributed by atoms with Gasteiger partial charge in [-0.2, -0.15) is 4.31 Å². The van der Waals surface area contributed by atoms with Crippen LogP contribution in [0.4, 0.5) is 0 Å². The summed E-state index contributed by atoms with van der Waals surface area (Å²) >= 11 is 0. The zero-order chi connectivity index (χ0) is 24.5. The largest absolute Gasteiger partial charge is 0.340 e. The van der Waals surface area contributed by atoms with E-state index in [1.807, 2.05) is 0 Å². The number of pyridine rings is 1. The molecule has 4 rings (SSSR count). The second-order valence-corrected chi connectivity index (χ2v) is 13.3.